The number of nitrogens with zero attached hydrogens (tertiary/aromatic N) is 1. The molecule has 0 saturated heterocycles. The number of nitro groups is 1. The molecule has 1 aliphatic rings. The molecule has 20 heavy (non-hydrogen) atoms. The highest BCUT2D eigenvalue weighted by atomic mass is 16.6. The molecule has 1 amide bonds. The molecule has 2 rings (SSSR count). The molecule has 1 aromatic carbocycles. The Morgan fingerprint density at radius 3 is 2.70 bits per heavy atom. The fourth-order valence-electron chi connectivity index (χ4n) is 2.21. The third-order valence-electron chi connectivity index (χ3n) is 3.63. The van der Waals surface area contributed by atoms with Crippen LogP contribution in [0.25, 0.3) is 0 Å². The zero-order valence-corrected chi connectivity index (χ0v) is 11.1. The zero-order chi connectivity index (χ0) is 14.8. The number of methoxy groups -OCH3 is 1. The third kappa shape index (κ3) is 2.57. The van der Waals surface area contributed by atoms with E-state index in [1.807, 2.05) is 0 Å². The van der Waals surface area contributed by atoms with Crippen LogP contribution in [0.2, 0.25) is 0 Å². The molecule has 0 radical (unpaired) electrons. The van der Waals surface area contributed by atoms with E-state index in [1.165, 1.54) is 25.3 Å². The van der Waals surface area contributed by atoms with Gasteiger partial charge in [0.1, 0.15) is 0 Å². The summed E-state index contributed by atoms with van der Waals surface area (Å²) in [7, 11) is 1.31. The van der Waals surface area contributed by atoms with E-state index >= 15 is 0 Å². The maximum atomic E-state index is 12.1. The fourth-order valence-corrected chi connectivity index (χ4v) is 2.21. The van der Waals surface area contributed by atoms with Gasteiger partial charge in [0.05, 0.1) is 24.2 Å². The van der Waals surface area contributed by atoms with E-state index < -0.39 is 10.5 Å². The van der Waals surface area contributed by atoms with Gasteiger partial charge < -0.3 is 15.2 Å². The molecule has 108 valence electrons. The summed E-state index contributed by atoms with van der Waals surface area (Å²) in [5.74, 6) is -0.332. The number of ether oxygens (including phenoxy) is 1. The van der Waals surface area contributed by atoms with Crippen molar-refractivity contribution in [1.29, 1.82) is 0 Å². The lowest BCUT2D eigenvalue weighted by molar-refractivity contribution is -0.385. The minimum absolute atomic E-state index is 0.0364. The summed E-state index contributed by atoms with van der Waals surface area (Å²) in [6.45, 7) is -0.108. The first-order chi connectivity index (χ1) is 9.51. The quantitative estimate of drug-likeness (QED) is 0.624. The van der Waals surface area contributed by atoms with Crippen molar-refractivity contribution in [3.8, 4) is 5.75 Å². The van der Waals surface area contributed by atoms with Crippen molar-refractivity contribution in [3.63, 3.8) is 0 Å². The Morgan fingerprint density at radius 2 is 2.25 bits per heavy atom. The van der Waals surface area contributed by atoms with Gasteiger partial charge >= 0.3 is 5.69 Å². The third-order valence-corrected chi connectivity index (χ3v) is 3.63. The van der Waals surface area contributed by atoms with E-state index in [1.54, 1.807) is 0 Å². The number of aliphatic hydroxyl groups is 1. The Hall–Kier alpha value is -2.15. The van der Waals surface area contributed by atoms with Crippen molar-refractivity contribution in [3.05, 3.63) is 33.9 Å². The summed E-state index contributed by atoms with van der Waals surface area (Å²) in [6.07, 6.45) is 2.43. The lowest BCUT2D eigenvalue weighted by atomic mass is 9.77. The largest absolute Gasteiger partial charge is 0.490 e. The van der Waals surface area contributed by atoms with Crippen molar-refractivity contribution in [2.75, 3.05) is 13.7 Å². The van der Waals surface area contributed by atoms with Crippen LogP contribution >= 0.6 is 0 Å². The van der Waals surface area contributed by atoms with E-state index in [9.17, 15) is 20.0 Å². The van der Waals surface area contributed by atoms with E-state index in [0.717, 1.165) is 19.3 Å². The molecule has 7 nitrogen and oxygen atoms in total. The van der Waals surface area contributed by atoms with E-state index in [4.69, 9.17) is 4.74 Å². The molecular weight excluding hydrogens is 264 g/mol. The molecule has 0 bridgehead atoms. The van der Waals surface area contributed by atoms with Crippen molar-refractivity contribution < 1.29 is 19.6 Å². The summed E-state index contributed by atoms with van der Waals surface area (Å²) in [5.41, 5.74) is -0.469. The molecule has 0 aliphatic heterocycles. The van der Waals surface area contributed by atoms with Crippen LogP contribution in [-0.4, -0.2) is 35.2 Å². The second kappa shape index (κ2) is 5.46. The maximum Gasteiger partial charge on any atom is 0.310 e. The number of benzene rings is 1. The fraction of sp³-hybridized carbons (Fsp3) is 0.462. The van der Waals surface area contributed by atoms with Gasteiger partial charge in [-0.3, -0.25) is 14.9 Å². The summed E-state index contributed by atoms with van der Waals surface area (Å²) in [5, 5.41) is 22.9. The second-order valence-electron chi connectivity index (χ2n) is 4.89. The number of carbonyl (C=O) groups excluding carboxylic acids is 1. The highest BCUT2D eigenvalue weighted by Gasteiger charge is 2.38. The Labute approximate surface area is 115 Å². The molecule has 1 saturated carbocycles. The number of hydrogen-bond donors (Lipinski definition) is 2. The van der Waals surface area contributed by atoms with Crippen LogP contribution in [0.4, 0.5) is 5.69 Å². The molecule has 1 aromatic rings. The van der Waals surface area contributed by atoms with Crippen LogP contribution in [0.5, 0.6) is 5.75 Å². The summed E-state index contributed by atoms with van der Waals surface area (Å²) >= 11 is 0. The first-order valence-electron chi connectivity index (χ1n) is 6.27. The van der Waals surface area contributed by atoms with Crippen LogP contribution in [0, 0.1) is 10.1 Å². The number of nitro benzene ring substituents is 1. The van der Waals surface area contributed by atoms with Crippen molar-refractivity contribution >= 4 is 11.6 Å². The van der Waals surface area contributed by atoms with Gasteiger partial charge in [0.25, 0.3) is 5.91 Å². The van der Waals surface area contributed by atoms with Gasteiger partial charge in [-0.2, -0.15) is 0 Å². The van der Waals surface area contributed by atoms with Crippen molar-refractivity contribution in [2.45, 2.75) is 24.8 Å². The van der Waals surface area contributed by atoms with Crippen LogP contribution < -0.4 is 10.1 Å². The topological polar surface area (TPSA) is 102 Å². The number of amides is 1. The van der Waals surface area contributed by atoms with Crippen molar-refractivity contribution in [1.82, 2.24) is 5.32 Å². The van der Waals surface area contributed by atoms with Gasteiger partial charge in [0.15, 0.2) is 5.75 Å². The lowest BCUT2D eigenvalue weighted by Gasteiger charge is -2.40. The Morgan fingerprint density at radius 1 is 1.55 bits per heavy atom. The predicted octanol–water partition coefficient (Wildman–Crippen LogP) is 1.25. The van der Waals surface area contributed by atoms with E-state index in [0.29, 0.717) is 0 Å². The summed E-state index contributed by atoms with van der Waals surface area (Å²) < 4.78 is 4.92. The molecule has 0 unspecified atom stereocenters. The van der Waals surface area contributed by atoms with Gasteiger partial charge in [-0.25, -0.2) is 0 Å². The monoisotopic (exact) mass is 280 g/mol. The molecule has 2 N–H and O–H groups in total. The average molecular weight is 280 g/mol. The smallest absolute Gasteiger partial charge is 0.310 e. The minimum Gasteiger partial charge on any atom is -0.490 e. The zero-order valence-electron chi connectivity index (χ0n) is 11.1. The molecule has 0 aromatic heterocycles. The average Bonchev–Trinajstić information content (AvgIpc) is 2.41. The van der Waals surface area contributed by atoms with Crippen LogP contribution in [0.3, 0.4) is 0 Å². The van der Waals surface area contributed by atoms with Crippen LogP contribution in [-0.2, 0) is 0 Å². The molecule has 0 atom stereocenters. The van der Waals surface area contributed by atoms with Gasteiger partial charge in [-0.15, -0.1) is 0 Å². The van der Waals surface area contributed by atoms with Gasteiger partial charge in [-0.1, -0.05) is 0 Å². The number of carbonyl (C=O) groups is 1. The molecule has 0 spiro atoms. The number of hydrogen-bond acceptors (Lipinski definition) is 5. The molecular formula is C13H16N2O5. The second-order valence-corrected chi connectivity index (χ2v) is 4.89. The van der Waals surface area contributed by atoms with Gasteiger partial charge in [-0.05, 0) is 25.3 Å². The normalized spacial score (nSPS) is 16.1. The Bertz CT molecular complexity index is 534. The predicted molar refractivity (Wildman–Crippen MR) is 70.8 cm³/mol. The number of aliphatic hydroxyl groups excluding tert-OH is 1. The van der Waals surface area contributed by atoms with Gasteiger partial charge in [0, 0.05) is 17.7 Å². The molecule has 1 fully saturated rings. The highest BCUT2D eigenvalue weighted by molar-refractivity contribution is 5.95. The maximum absolute atomic E-state index is 12.1. The number of rotatable bonds is 5. The Balaban J connectivity index is 2.20. The standard InChI is InChI=1S/C13H16N2O5/c1-20-11-7-9(3-4-10(11)15(18)19)12(17)14-13(8-16)5-2-6-13/h3-4,7,16H,2,5-6,8H2,1H3,(H,14,17). The first-order valence-corrected chi connectivity index (χ1v) is 6.27. The van der Waals surface area contributed by atoms with E-state index in [-0.39, 0.29) is 29.5 Å². The van der Waals surface area contributed by atoms with Crippen LogP contribution in [0.1, 0.15) is 29.6 Å². The van der Waals surface area contributed by atoms with Crippen LogP contribution in [0.15, 0.2) is 18.2 Å². The SMILES string of the molecule is COc1cc(C(=O)NC2(CO)CCC2)ccc1[N+](=O)[O-]. The Kier molecular flexibility index (Phi) is 3.89. The summed E-state index contributed by atoms with van der Waals surface area (Å²) in [6, 6.07) is 3.94. The number of nitrogens with one attached hydrogen (secondary N) is 1. The summed E-state index contributed by atoms with van der Waals surface area (Å²) in [4.78, 5) is 22.3. The van der Waals surface area contributed by atoms with Crippen molar-refractivity contribution in [2.24, 2.45) is 0 Å². The highest BCUT2D eigenvalue weighted by Crippen LogP contribution is 2.32. The molecule has 1 aliphatic carbocycles. The first kappa shape index (κ1) is 14.3. The minimum atomic E-state index is -0.568. The lowest BCUT2D eigenvalue weighted by Crippen LogP contribution is -2.56. The molecule has 0 heterocycles. The van der Waals surface area contributed by atoms with E-state index in [2.05, 4.69) is 5.32 Å². The molecule has 7 heteroatoms. The van der Waals surface area contributed by atoms with Gasteiger partial charge in [0.2, 0.25) is 0 Å².